The molecule has 0 amide bonds. The molecular formula is C9H17ClO4. The fraction of sp³-hybridized carbons (Fsp3) is 1.00. The van der Waals surface area contributed by atoms with Crippen molar-refractivity contribution < 1.29 is 18.9 Å². The van der Waals surface area contributed by atoms with Crippen molar-refractivity contribution in [3.8, 4) is 0 Å². The van der Waals surface area contributed by atoms with Crippen LogP contribution in [0.25, 0.3) is 0 Å². The predicted octanol–water partition coefficient (Wildman–Crippen LogP) is 1.02. The summed E-state index contributed by atoms with van der Waals surface area (Å²) in [5.74, 6) is 0.532. The van der Waals surface area contributed by atoms with E-state index in [0.717, 1.165) is 0 Å². The summed E-state index contributed by atoms with van der Waals surface area (Å²) >= 11 is 5.61. The molecule has 14 heavy (non-hydrogen) atoms. The summed E-state index contributed by atoms with van der Waals surface area (Å²) in [7, 11) is 3.28. The van der Waals surface area contributed by atoms with Crippen LogP contribution in [-0.4, -0.2) is 51.8 Å². The van der Waals surface area contributed by atoms with Crippen molar-refractivity contribution in [2.24, 2.45) is 0 Å². The first-order valence-electron chi connectivity index (χ1n) is 4.66. The Kier molecular flexibility index (Phi) is 5.74. The van der Waals surface area contributed by atoms with E-state index in [1.54, 1.807) is 14.2 Å². The van der Waals surface area contributed by atoms with Gasteiger partial charge < -0.3 is 18.9 Å². The molecule has 1 aliphatic heterocycles. The molecule has 1 rings (SSSR count). The maximum absolute atomic E-state index is 5.61. The summed E-state index contributed by atoms with van der Waals surface area (Å²) in [5, 5.41) is 0. The topological polar surface area (TPSA) is 36.9 Å². The van der Waals surface area contributed by atoms with Gasteiger partial charge in [-0.1, -0.05) is 0 Å². The summed E-state index contributed by atoms with van der Waals surface area (Å²) in [4.78, 5) is 0. The van der Waals surface area contributed by atoms with Crippen LogP contribution in [0, 0.1) is 0 Å². The van der Waals surface area contributed by atoms with E-state index in [2.05, 4.69) is 0 Å². The quantitative estimate of drug-likeness (QED) is 0.632. The summed E-state index contributed by atoms with van der Waals surface area (Å²) in [6.45, 7) is 1.04. The molecule has 1 fully saturated rings. The Morgan fingerprint density at radius 1 is 1.07 bits per heavy atom. The van der Waals surface area contributed by atoms with Gasteiger partial charge in [0.25, 0.3) is 0 Å². The summed E-state index contributed by atoms with van der Waals surface area (Å²) in [5.41, 5.74) is 0. The van der Waals surface area contributed by atoms with Gasteiger partial charge >= 0.3 is 0 Å². The molecule has 1 aliphatic rings. The lowest BCUT2D eigenvalue weighted by molar-refractivity contribution is -0.0772. The number of ether oxygens (including phenoxy) is 4. The Hall–Kier alpha value is 0.130. The fourth-order valence-corrected chi connectivity index (χ4v) is 1.62. The highest BCUT2D eigenvalue weighted by molar-refractivity contribution is 6.17. The van der Waals surface area contributed by atoms with Gasteiger partial charge in [-0.2, -0.15) is 0 Å². The average molecular weight is 225 g/mol. The van der Waals surface area contributed by atoms with Crippen molar-refractivity contribution in [1.29, 1.82) is 0 Å². The zero-order chi connectivity index (χ0) is 10.4. The molecule has 0 aliphatic carbocycles. The highest BCUT2D eigenvalue weighted by Gasteiger charge is 2.35. The monoisotopic (exact) mass is 224 g/mol. The number of methoxy groups -OCH3 is 2. The van der Waals surface area contributed by atoms with Crippen molar-refractivity contribution in [3.63, 3.8) is 0 Å². The lowest BCUT2D eigenvalue weighted by Crippen LogP contribution is -2.30. The SMILES string of the molecule is COC[C@@H]1OC(CCCl)O[C@H]1COC. The molecular weight excluding hydrogens is 208 g/mol. The molecule has 4 nitrogen and oxygen atoms in total. The summed E-state index contributed by atoms with van der Waals surface area (Å²) in [6, 6.07) is 0. The molecule has 0 N–H and O–H groups in total. The van der Waals surface area contributed by atoms with Crippen molar-refractivity contribution in [2.75, 3.05) is 33.3 Å². The molecule has 0 spiro atoms. The van der Waals surface area contributed by atoms with Gasteiger partial charge in [-0.15, -0.1) is 11.6 Å². The largest absolute Gasteiger partial charge is 0.382 e. The molecule has 0 unspecified atom stereocenters. The second-order valence-corrected chi connectivity index (χ2v) is 3.54. The second kappa shape index (κ2) is 6.58. The van der Waals surface area contributed by atoms with Crippen LogP contribution in [0.1, 0.15) is 6.42 Å². The van der Waals surface area contributed by atoms with Crippen molar-refractivity contribution >= 4 is 11.6 Å². The van der Waals surface area contributed by atoms with Crippen LogP contribution in [0.15, 0.2) is 0 Å². The number of rotatable bonds is 6. The minimum absolute atomic E-state index is 0.0480. The molecule has 0 aromatic carbocycles. The van der Waals surface area contributed by atoms with Gasteiger partial charge in [-0.3, -0.25) is 0 Å². The second-order valence-electron chi connectivity index (χ2n) is 3.17. The molecule has 0 aromatic rings. The molecule has 5 heteroatoms. The van der Waals surface area contributed by atoms with Gasteiger partial charge in [0.15, 0.2) is 6.29 Å². The van der Waals surface area contributed by atoms with Crippen molar-refractivity contribution in [3.05, 3.63) is 0 Å². The zero-order valence-corrected chi connectivity index (χ0v) is 9.33. The summed E-state index contributed by atoms with van der Waals surface area (Å²) in [6.07, 6.45) is 0.385. The molecule has 84 valence electrons. The number of alkyl halides is 1. The standard InChI is InChI=1S/C9H17ClO4/c1-11-5-7-8(6-12-2)14-9(13-7)3-4-10/h7-9H,3-6H2,1-2H3/t7-,8-/m0/s1. The van der Waals surface area contributed by atoms with E-state index < -0.39 is 0 Å². The molecule has 0 saturated carbocycles. The van der Waals surface area contributed by atoms with Crippen LogP contribution in [0.5, 0.6) is 0 Å². The molecule has 1 saturated heterocycles. The van der Waals surface area contributed by atoms with Crippen molar-refractivity contribution in [1.82, 2.24) is 0 Å². The first kappa shape index (κ1) is 12.2. The smallest absolute Gasteiger partial charge is 0.159 e. The fourth-order valence-electron chi connectivity index (χ4n) is 1.44. The van der Waals surface area contributed by atoms with E-state index in [0.29, 0.717) is 25.5 Å². The van der Waals surface area contributed by atoms with E-state index in [-0.39, 0.29) is 18.5 Å². The van der Waals surface area contributed by atoms with Gasteiger partial charge in [-0.25, -0.2) is 0 Å². The zero-order valence-electron chi connectivity index (χ0n) is 8.57. The molecule has 0 radical (unpaired) electrons. The Morgan fingerprint density at radius 2 is 1.57 bits per heavy atom. The average Bonchev–Trinajstić information content (AvgIpc) is 2.50. The highest BCUT2D eigenvalue weighted by Crippen LogP contribution is 2.22. The molecule has 2 atom stereocenters. The lowest BCUT2D eigenvalue weighted by Gasteiger charge is -2.14. The van der Waals surface area contributed by atoms with E-state index >= 15 is 0 Å². The van der Waals surface area contributed by atoms with Gasteiger partial charge in [0.2, 0.25) is 0 Å². The first-order chi connectivity index (χ1) is 6.81. The summed E-state index contributed by atoms with van der Waals surface area (Å²) < 4.78 is 21.3. The minimum atomic E-state index is -0.215. The van der Waals surface area contributed by atoms with Gasteiger partial charge in [0, 0.05) is 26.5 Å². The third-order valence-electron chi connectivity index (χ3n) is 2.07. The normalized spacial score (nSPS) is 28.5. The Labute approximate surface area is 89.4 Å². The molecule has 0 bridgehead atoms. The van der Waals surface area contributed by atoms with Crippen LogP contribution in [0.4, 0.5) is 0 Å². The Bertz CT molecular complexity index is 142. The van der Waals surface area contributed by atoms with Crippen LogP contribution < -0.4 is 0 Å². The van der Waals surface area contributed by atoms with Gasteiger partial charge in [0.05, 0.1) is 13.2 Å². The third kappa shape index (κ3) is 3.37. The number of hydrogen-bond donors (Lipinski definition) is 0. The van der Waals surface area contributed by atoms with E-state index in [9.17, 15) is 0 Å². The highest BCUT2D eigenvalue weighted by atomic mass is 35.5. The first-order valence-corrected chi connectivity index (χ1v) is 5.20. The van der Waals surface area contributed by atoms with Crippen LogP contribution in [0.3, 0.4) is 0 Å². The minimum Gasteiger partial charge on any atom is -0.382 e. The third-order valence-corrected chi connectivity index (χ3v) is 2.29. The van der Waals surface area contributed by atoms with E-state index in [4.69, 9.17) is 30.5 Å². The predicted molar refractivity (Wildman–Crippen MR) is 52.6 cm³/mol. The molecule has 1 heterocycles. The van der Waals surface area contributed by atoms with E-state index in [1.807, 2.05) is 0 Å². The van der Waals surface area contributed by atoms with Crippen LogP contribution in [-0.2, 0) is 18.9 Å². The van der Waals surface area contributed by atoms with Crippen LogP contribution >= 0.6 is 11.6 Å². The van der Waals surface area contributed by atoms with Crippen molar-refractivity contribution in [2.45, 2.75) is 24.9 Å². The number of halogens is 1. The maximum Gasteiger partial charge on any atom is 0.159 e. The van der Waals surface area contributed by atoms with E-state index in [1.165, 1.54) is 0 Å². The Morgan fingerprint density at radius 3 is 1.93 bits per heavy atom. The van der Waals surface area contributed by atoms with Gasteiger partial charge in [0.1, 0.15) is 12.2 Å². The Balaban J connectivity index is 2.38. The molecule has 0 aromatic heterocycles. The van der Waals surface area contributed by atoms with Crippen LogP contribution in [0.2, 0.25) is 0 Å². The maximum atomic E-state index is 5.61. The van der Waals surface area contributed by atoms with Gasteiger partial charge in [-0.05, 0) is 0 Å². The number of hydrogen-bond acceptors (Lipinski definition) is 4. The lowest BCUT2D eigenvalue weighted by atomic mass is 10.2.